The van der Waals surface area contributed by atoms with Gasteiger partial charge in [-0.1, -0.05) is 12.1 Å². The SMILES string of the molecule is O=C(O)N1CCC(n2cc(-c3cncc(-c4cc(-c5ccccc5F)nc5nccnc45)c3)cn2)CC1. The summed E-state index contributed by atoms with van der Waals surface area (Å²) >= 11 is 0. The van der Waals surface area contributed by atoms with Crippen molar-refractivity contribution in [1.29, 1.82) is 0 Å². The van der Waals surface area contributed by atoms with Gasteiger partial charge in [0.15, 0.2) is 5.65 Å². The van der Waals surface area contributed by atoms with E-state index in [1.54, 1.807) is 49.2 Å². The minimum Gasteiger partial charge on any atom is -0.465 e. The van der Waals surface area contributed by atoms with Crippen LogP contribution in [0, 0.1) is 5.82 Å². The molecule has 0 spiro atoms. The topological polar surface area (TPSA) is 110 Å². The number of aromatic nitrogens is 6. The van der Waals surface area contributed by atoms with E-state index < -0.39 is 6.09 Å². The number of amides is 1. The number of piperidine rings is 1. The molecule has 1 aliphatic heterocycles. The van der Waals surface area contributed by atoms with Crippen LogP contribution in [0.4, 0.5) is 9.18 Å². The smallest absolute Gasteiger partial charge is 0.407 e. The predicted octanol–water partition coefficient (Wildman–Crippen LogP) is 5.07. The van der Waals surface area contributed by atoms with Crippen molar-refractivity contribution in [2.24, 2.45) is 0 Å². The lowest BCUT2D eigenvalue weighted by Crippen LogP contribution is -2.38. The van der Waals surface area contributed by atoms with E-state index in [1.165, 1.54) is 11.0 Å². The molecule has 0 saturated carbocycles. The molecule has 5 heterocycles. The van der Waals surface area contributed by atoms with Crippen LogP contribution in [-0.2, 0) is 0 Å². The molecule has 0 aliphatic carbocycles. The number of pyridine rings is 2. The average molecular weight is 496 g/mol. The molecule has 1 amide bonds. The zero-order valence-corrected chi connectivity index (χ0v) is 19.7. The Morgan fingerprint density at radius 1 is 0.946 bits per heavy atom. The van der Waals surface area contributed by atoms with Gasteiger partial charge in [0.25, 0.3) is 0 Å². The van der Waals surface area contributed by atoms with Crippen molar-refractivity contribution in [2.45, 2.75) is 18.9 Å². The maximum Gasteiger partial charge on any atom is 0.407 e. The van der Waals surface area contributed by atoms with E-state index in [-0.39, 0.29) is 11.9 Å². The first-order valence-electron chi connectivity index (χ1n) is 11.9. The van der Waals surface area contributed by atoms with E-state index in [0.717, 1.165) is 22.3 Å². The number of hydrogen-bond acceptors (Lipinski definition) is 6. The van der Waals surface area contributed by atoms with Crippen LogP contribution in [0.25, 0.3) is 44.7 Å². The fraction of sp³-hybridized carbons (Fsp3) is 0.185. The van der Waals surface area contributed by atoms with Crippen molar-refractivity contribution in [2.75, 3.05) is 13.1 Å². The van der Waals surface area contributed by atoms with Gasteiger partial charge in [-0.3, -0.25) is 14.6 Å². The monoisotopic (exact) mass is 495 g/mol. The summed E-state index contributed by atoms with van der Waals surface area (Å²) in [6, 6.07) is 10.5. The van der Waals surface area contributed by atoms with Gasteiger partial charge in [-0.25, -0.2) is 19.2 Å². The first kappa shape index (κ1) is 22.7. The molecule has 0 radical (unpaired) electrons. The van der Waals surface area contributed by atoms with E-state index in [1.807, 2.05) is 23.0 Å². The third-order valence-electron chi connectivity index (χ3n) is 6.68. The van der Waals surface area contributed by atoms with Crippen molar-refractivity contribution in [3.63, 3.8) is 0 Å². The van der Waals surface area contributed by atoms with E-state index in [2.05, 4.69) is 25.0 Å². The van der Waals surface area contributed by atoms with Gasteiger partial charge >= 0.3 is 6.09 Å². The van der Waals surface area contributed by atoms with Crippen LogP contribution >= 0.6 is 0 Å². The zero-order chi connectivity index (χ0) is 25.4. The lowest BCUT2D eigenvalue weighted by atomic mass is 10.0. The van der Waals surface area contributed by atoms with Gasteiger partial charge < -0.3 is 10.0 Å². The molecule has 1 N–H and O–H groups in total. The molecule has 1 aliphatic rings. The Morgan fingerprint density at radius 3 is 2.54 bits per heavy atom. The third kappa shape index (κ3) is 4.37. The highest BCUT2D eigenvalue weighted by Gasteiger charge is 2.24. The summed E-state index contributed by atoms with van der Waals surface area (Å²) in [5.41, 5.74) is 5.18. The summed E-state index contributed by atoms with van der Waals surface area (Å²) in [7, 11) is 0. The van der Waals surface area contributed by atoms with Gasteiger partial charge in [0.05, 0.1) is 17.9 Å². The molecule has 1 saturated heterocycles. The van der Waals surface area contributed by atoms with Crippen LogP contribution < -0.4 is 0 Å². The Bertz CT molecular complexity index is 1610. The maximum atomic E-state index is 14.6. The molecular formula is C27H22FN7O2. The Kier molecular flexibility index (Phi) is 5.76. The van der Waals surface area contributed by atoms with Gasteiger partial charge in [-0.2, -0.15) is 5.10 Å². The summed E-state index contributed by atoms with van der Waals surface area (Å²) in [5, 5.41) is 13.7. The minimum atomic E-state index is -0.881. The van der Waals surface area contributed by atoms with Crippen LogP contribution in [0.1, 0.15) is 18.9 Å². The molecule has 9 nitrogen and oxygen atoms in total. The highest BCUT2D eigenvalue weighted by atomic mass is 19.1. The molecule has 0 bridgehead atoms. The fourth-order valence-electron chi connectivity index (χ4n) is 4.73. The number of carboxylic acid groups (broad SMARTS) is 1. The molecular weight excluding hydrogens is 473 g/mol. The first-order chi connectivity index (χ1) is 18.1. The van der Waals surface area contributed by atoms with Gasteiger partial charge in [0.2, 0.25) is 0 Å². The number of benzene rings is 1. The first-order valence-corrected chi connectivity index (χ1v) is 11.9. The normalized spacial score (nSPS) is 14.2. The number of fused-ring (bicyclic) bond motifs is 1. The molecule has 1 aromatic carbocycles. The summed E-state index contributed by atoms with van der Waals surface area (Å²) in [6.45, 7) is 0.986. The van der Waals surface area contributed by atoms with Crippen LogP contribution in [-0.4, -0.2) is 58.9 Å². The second-order valence-electron chi connectivity index (χ2n) is 8.94. The summed E-state index contributed by atoms with van der Waals surface area (Å²) in [5.74, 6) is -0.363. The summed E-state index contributed by atoms with van der Waals surface area (Å²) in [4.78, 5) is 30.5. The second kappa shape index (κ2) is 9.38. The van der Waals surface area contributed by atoms with E-state index >= 15 is 0 Å². The number of nitrogens with zero attached hydrogens (tertiary/aromatic N) is 7. The molecule has 0 atom stereocenters. The van der Waals surface area contributed by atoms with Gasteiger partial charge in [0.1, 0.15) is 11.3 Å². The maximum absolute atomic E-state index is 14.6. The van der Waals surface area contributed by atoms with Crippen LogP contribution in [0.3, 0.4) is 0 Å². The third-order valence-corrected chi connectivity index (χ3v) is 6.68. The lowest BCUT2D eigenvalue weighted by Gasteiger charge is -2.30. The predicted molar refractivity (Wildman–Crippen MR) is 135 cm³/mol. The highest BCUT2D eigenvalue weighted by molar-refractivity contribution is 5.92. The second-order valence-corrected chi connectivity index (χ2v) is 8.94. The minimum absolute atomic E-state index is 0.142. The molecule has 1 fully saturated rings. The molecule has 6 rings (SSSR count). The number of likely N-dealkylation sites (tertiary alicyclic amines) is 1. The largest absolute Gasteiger partial charge is 0.465 e. The Labute approximate surface area is 211 Å². The average Bonchev–Trinajstić information content (AvgIpc) is 3.43. The lowest BCUT2D eigenvalue weighted by molar-refractivity contribution is 0.124. The molecule has 10 heteroatoms. The Balaban J connectivity index is 1.36. The van der Waals surface area contributed by atoms with Crippen molar-refractivity contribution in [3.05, 3.63) is 79.4 Å². The van der Waals surface area contributed by atoms with Crippen molar-refractivity contribution >= 4 is 17.3 Å². The quantitative estimate of drug-likeness (QED) is 0.371. The molecule has 5 aromatic rings. The number of carbonyl (C=O) groups is 1. The Morgan fingerprint density at radius 2 is 1.73 bits per heavy atom. The van der Waals surface area contributed by atoms with Crippen LogP contribution in [0.5, 0.6) is 0 Å². The molecule has 184 valence electrons. The fourth-order valence-corrected chi connectivity index (χ4v) is 4.73. The van der Waals surface area contributed by atoms with E-state index in [4.69, 9.17) is 0 Å². The summed E-state index contributed by atoms with van der Waals surface area (Å²) < 4.78 is 16.5. The zero-order valence-electron chi connectivity index (χ0n) is 19.7. The van der Waals surface area contributed by atoms with Gasteiger partial charge in [-0.15, -0.1) is 0 Å². The molecule has 37 heavy (non-hydrogen) atoms. The Hall–Kier alpha value is -4.73. The number of rotatable bonds is 4. The highest BCUT2D eigenvalue weighted by Crippen LogP contribution is 2.33. The standard InChI is InChI=1S/C27H22FN7O2/c28-23-4-2-1-3-21(23)24-12-22(25-26(33-24)31-8-7-30-25)18-11-17(13-29-14-18)19-15-32-35(16-19)20-5-9-34(10-6-20)27(36)37/h1-4,7-8,11-16,20H,5-6,9-10H2,(H,36,37). The molecule has 0 unspecified atom stereocenters. The van der Waals surface area contributed by atoms with Crippen LogP contribution in [0.15, 0.2) is 73.6 Å². The summed E-state index contributed by atoms with van der Waals surface area (Å²) in [6.07, 6.45) is 11.0. The van der Waals surface area contributed by atoms with E-state index in [0.29, 0.717) is 48.4 Å². The van der Waals surface area contributed by atoms with E-state index in [9.17, 15) is 14.3 Å². The molecule has 4 aromatic heterocycles. The number of halogens is 1. The van der Waals surface area contributed by atoms with Crippen molar-refractivity contribution < 1.29 is 14.3 Å². The van der Waals surface area contributed by atoms with Crippen molar-refractivity contribution in [3.8, 4) is 33.5 Å². The van der Waals surface area contributed by atoms with Crippen LogP contribution in [0.2, 0.25) is 0 Å². The van der Waals surface area contributed by atoms with Gasteiger partial charge in [-0.05, 0) is 37.1 Å². The number of hydrogen-bond donors (Lipinski definition) is 1. The van der Waals surface area contributed by atoms with Crippen molar-refractivity contribution in [1.82, 2.24) is 34.6 Å². The van der Waals surface area contributed by atoms with Gasteiger partial charge in [0, 0.05) is 71.9 Å².